The number of aryl methyl sites for hydroxylation is 2. The molecule has 0 aliphatic heterocycles. The van der Waals surface area contributed by atoms with E-state index >= 15 is 0 Å². The zero-order valence-corrected chi connectivity index (χ0v) is 38.6. The Kier molecular flexibility index (Phi) is 9.95. The Bertz CT molecular complexity index is 3510. The van der Waals surface area contributed by atoms with Crippen molar-refractivity contribution in [3.05, 3.63) is 257 Å². The van der Waals surface area contributed by atoms with Crippen LogP contribution in [0.15, 0.2) is 212 Å². The molecular weight excluding hydrogens is 807 g/mol. The third kappa shape index (κ3) is 6.60. The van der Waals surface area contributed by atoms with Crippen LogP contribution >= 0.6 is 0 Å². The van der Waals surface area contributed by atoms with Crippen molar-refractivity contribution in [3.63, 3.8) is 0 Å². The van der Waals surface area contributed by atoms with E-state index in [0.717, 1.165) is 12.8 Å². The first-order valence-electron chi connectivity index (χ1n) is 23.7. The summed E-state index contributed by atoms with van der Waals surface area (Å²) in [5, 5.41) is 0. The molecule has 67 heavy (non-hydrogen) atoms. The van der Waals surface area contributed by atoms with Gasteiger partial charge in [0.25, 0.3) is 0 Å². The Balaban J connectivity index is 1.35. The highest BCUT2D eigenvalue weighted by atomic mass is 15.2. The summed E-state index contributed by atoms with van der Waals surface area (Å²) in [7, 11) is 0. The highest BCUT2D eigenvalue weighted by molar-refractivity contribution is 6.14. The number of benzene rings is 10. The molecule has 0 heterocycles. The molecule has 320 valence electrons. The van der Waals surface area contributed by atoms with Crippen molar-refractivity contribution in [2.45, 2.75) is 40.5 Å². The predicted molar refractivity (Wildman–Crippen MR) is 284 cm³/mol. The third-order valence-corrected chi connectivity index (χ3v) is 14.7. The van der Waals surface area contributed by atoms with Gasteiger partial charge >= 0.3 is 0 Å². The van der Waals surface area contributed by atoms with E-state index in [-0.39, 0.29) is 0 Å². The molecule has 0 saturated carbocycles. The highest BCUT2D eigenvalue weighted by Crippen LogP contribution is 2.62. The summed E-state index contributed by atoms with van der Waals surface area (Å²) in [5.74, 6) is 0. The Morgan fingerprint density at radius 3 is 1.36 bits per heavy atom. The first-order valence-corrected chi connectivity index (χ1v) is 23.7. The molecule has 0 N–H and O–H groups in total. The van der Waals surface area contributed by atoms with Crippen LogP contribution in [-0.4, -0.2) is 0 Å². The zero-order chi connectivity index (χ0) is 45.2. The van der Waals surface area contributed by atoms with Crippen LogP contribution in [0.1, 0.15) is 44.5 Å². The van der Waals surface area contributed by atoms with E-state index in [2.05, 4.69) is 245 Å². The van der Waals surface area contributed by atoms with Gasteiger partial charge in [-0.2, -0.15) is 0 Å². The smallest absolute Gasteiger partial charge is 0.0588 e. The molecule has 0 amide bonds. The Hall–Kier alpha value is -8.00. The molecular formula is C66H51N. The fraction of sp³-hybridized carbons (Fsp3) is 0.0909. The molecule has 0 aromatic heterocycles. The lowest BCUT2D eigenvalue weighted by Gasteiger charge is -2.38. The summed E-state index contributed by atoms with van der Waals surface area (Å²) in [6.07, 6.45) is 1.64. The van der Waals surface area contributed by atoms with E-state index in [0.29, 0.717) is 0 Å². The molecule has 0 atom stereocenters. The van der Waals surface area contributed by atoms with Gasteiger partial charge in [-0.25, -0.2) is 0 Å². The zero-order valence-electron chi connectivity index (χ0n) is 38.6. The number of anilines is 3. The molecule has 10 aromatic carbocycles. The Morgan fingerprint density at radius 1 is 0.284 bits per heavy atom. The van der Waals surface area contributed by atoms with Crippen molar-refractivity contribution in [1.82, 2.24) is 0 Å². The minimum atomic E-state index is 0.782. The lowest BCUT2D eigenvalue weighted by Crippen LogP contribution is -2.20. The number of rotatable bonds is 8. The summed E-state index contributed by atoms with van der Waals surface area (Å²) in [6.45, 7) is 9.33. The van der Waals surface area contributed by atoms with Crippen molar-refractivity contribution < 1.29 is 0 Å². The van der Waals surface area contributed by atoms with E-state index in [1.165, 1.54) is 139 Å². The number of hydrogen-bond acceptors (Lipinski definition) is 1. The molecule has 2 aliphatic rings. The summed E-state index contributed by atoms with van der Waals surface area (Å²) < 4.78 is 0. The normalized spacial score (nSPS) is 12.1. The standard InChI is InChI=1S/C66H51N/c1-42-37-38-55(47-25-12-6-13-26-47)64(44(42)3)67(65-45(4)43(2)39-56-53-35-21-20-33-51(53)40-57(56)65)66-58-41-52-34-22-36-54(46-23-10-5-11-24-46)59(52)63(58)61(49-29-16-8-17-30-49)60(48-27-14-7-15-28-48)62(66)50-31-18-9-19-32-50/h5-39H,40-41H2,1-4H3. The average Bonchev–Trinajstić information content (AvgIpc) is 3.96. The van der Waals surface area contributed by atoms with Gasteiger partial charge in [-0.3, -0.25) is 0 Å². The molecule has 0 radical (unpaired) electrons. The quantitative estimate of drug-likeness (QED) is 0.147. The van der Waals surface area contributed by atoms with Crippen LogP contribution in [0.3, 0.4) is 0 Å². The first kappa shape index (κ1) is 40.5. The fourth-order valence-corrected chi connectivity index (χ4v) is 11.3. The van der Waals surface area contributed by atoms with Crippen molar-refractivity contribution >= 4 is 17.1 Å². The van der Waals surface area contributed by atoms with Crippen LogP contribution in [0.5, 0.6) is 0 Å². The van der Waals surface area contributed by atoms with Gasteiger partial charge in [-0.1, -0.05) is 212 Å². The first-order chi connectivity index (χ1) is 33.0. The largest absolute Gasteiger partial charge is 0.308 e. The van der Waals surface area contributed by atoms with Crippen molar-refractivity contribution in [2.24, 2.45) is 0 Å². The second-order valence-corrected chi connectivity index (χ2v) is 18.4. The number of fused-ring (bicyclic) bond motifs is 6. The van der Waals surface area contributed by atoms with E-state index in [1.54, 1.807) is 0 Å². The van der Waals surface area contributed by atoms with Gasteiger partial charge in [-0.15, -0.1) is 0 Å². The van der Waals surface area contributed by atoms with Gasteiger partial charge in [-0.05, 0) is 133 Å². The molecule has 2 aliphatic carbocycles. The minimum Gasteiger partial charge on any atom is -0.308 e. The Morgan fingerprint density at radius 2 is 0.746 bits per heavy atom. The fourth-order valence-electron chi connectivity index (χ4n) is 11.3. The molecule has 0 bridgehead atoms. The average molecular weight is 858 g/mol. The predicted octanol–water partition coefficient (Wildman–Crippen LogP) is 17.9. The number of nitrogens with zero attached hydrogens (tertiary/aromatic N) is 1. The SMILES string of the molecule is Cc1ccc(-c2ccccc2)c(N(c2c(C)c(C)cc3c2Cc2ccccc2-3)c2c3c(c(-c4ccccc4)c(-c4ccccc4)c2-c2ccccc2)-c2c(cccc2-c2ccccc2)C3)c1C. The van der Waals surface area contributed by atoms with Gasteiger partial charge in [0.1, 0.15) is 0 Å². The molecule has 0 saturated heterocycles. The van der Waals surface area contributed by atoms with Crippen LogP contribution in [0.2, 0.25) is 0 Å². The molecule has 10 aromatic rings. The molecule has 12 rings (SSSR count). The molecule has 1 heteroatoms. The molecule has 0 unspecified atom stereocenters. The second kappa shape index (κ2) is 16.5. The third-order valence-electron chi connectivity index (χ3n) is 14.7. The lowest BCUT2D eigenvalue weighted by atomic mass is 9.79. The lowest BCUT2D eigenvalue weighted by molar-refractivity contribution is 1.13. The second-order valence-electron chi connectivity index (χ2n) is 18.4. The van der Waals surface area contributed by atoms with Gasteiger partial charge in [0.2, 0.25) is 0 Å². The summed E-state index contributed by atoms with van der Waals surface area (Å²) in [4.78, 5) is 2.79. The highest BCUT2D eigenvalue weighted by Gasteiger charge is 2.39. The summed E-state index contributed by atoms with van der Waals surface area (Å²) in [6, 6.07) is 79.0. The van der Waals surface area contributed by atoms with Crippen LogP contribution in [0.4, 0.5) is 17.1 Å². The minimum absolute atomic E-state index is 0.782. The van der Waals surface area contributed by atoms with Crippen LogP contribution in [-0.2, 0) is 12.8 Å². The maximum absolute atomic E-state index is 2.79. The maximum atomic E-state index is 2.79. The van der Waals surface area contributed by atoms with E-state index in [1.807, 2.05) is 0 Å². The van der Waals surface area contributed by atoms with E-state index < -0.39 is 0 Å². The van der Waals surface area contributed by atoms with Gasteiger partial charge in [0, 0.05) is 29.5 Å². The van der Waals surface area contributed by atoms with Crippen LogP contribution < -0.4 is 4.90 Å². The van der Waals surface area contributed by atoms with Crippen molar-refractivity contribution in [1.29, 1.82) is 0 Å². The van der Waals surface area contributed by atoms with E-state index in [9.17, 15) is 0 Å². The molecule has 0 spiro atoms. The molecule has 0 fully saturated rings. The monoisotopic (exact) mass is 857 g/mol. The maximum Gasteiger partial charge on any atom is 0.0588 e. The topological polar surface area (TPSA) is 3.24 Å². The van der Waals surface area contributed by atoms with Crippen LogP contribution in [0.25, 0.3) is 77.9 Å². The van der Waals surface area contributed by atoms with Crippen molar-refractivity contribution in [3.8, 4) is 77.9 Å². The summed E-state index contributed by atoms with van der Waals surface area (Å²) in [5.41, 5.74) is 31.9. The summed E-state index contributed by atoms with van der Waals surface area (Å²) >= 11 is 0. The van der Waals surface area contributed by atoms with Crippen LogP contribution in [0, 0.1) is 27.7 Å². The molecule has 1 nitrogen and oxygen atoms in total. The van der Waals surface area contributed by atoms with Gasteiger partial charge < -0.3 is 4.90 Å². The van der Waals surface area contributed by atoms with Gasteiger partial charge in [0.15, 0.2) is 0 Å². The van der Waals surface area contributed by atoms with E-state index in [4.69, 9.17) is 0 Å². The van der Waals surface area contributed by atoms with Crippen molar-refractivity contribution in [2.75, 3.05) is 4.90 Å². The number of hydrogen-bond donors (Lipinski definition) is 0. The van der Waals surface area contributed by atoms with Gasteiger partial charge in [0.05, 0.1) is 17.1 Å². The Labute approximate surface area is 395 Å².